The number of hydrogen-bond acceptors (Lipinski definition) is 6. The molecule has 0 aromatic heterocycles. The molecule has 1 rings (SSSR count). The van der Waals surface area contributed by atoms with E-state index in [4.69, 9.17) is 9.84 Å². The minimum atomic E-state index is -1.34. The first-order valence-corrected chi connectivity index (χ1v) is 6.11. The molecule has 5 N–H and O–H groups in total. The quantitative estimate of drug-likeness (QED) is 0.381. The summed E-state index contributed by atoms with van der Waals surface area (Å²) in [5.74, 6) is -0.285. The molecule has 1 aliphatic heterocycles. The van der Waals surface area contributed by atoms with Gasteiger partial charge in [0, 0.05) is 6.42 Å². The molecule has 106 valence electrons. The van der Waals surface area contributed by atoms with Crippen LogP contribution in [0.25, 0.3) is 0 Å². The van der Waals surface area contributed by atoms with Crippen molar-refractivity contribution in [3.05, 3.63) is 0 Å². The van der Waals surface area contributed by atoms with Crippen LogP contribution in [0.1, 0.15) is 26.2 Å². The maximum Gasteiger partial charge on any atom is 0.222 e. The predicted molar refractivity (Wildman–Crippen MR) is 61.4 cm³/mol. The van der Waals surface area contributed by atoms with Gasteiger partial charge in [-0.15, -0.1) is 0 Å². The predicted octanol–water partition coefficient (Wildman–Crippen LogP) is -1.91. The first-order chi connectivity index (χ1) is 8.51. The van der Waals surface area contributed by atoms with Gasteiger partial charge < -0.3 is 30.5 Å². The van der Waals surface area contributed by atoms with Gasteiger partial charge in [-0.1, -0.05) is 13.3 Å². The highest BCUT2D eigenvalue weighted by Crippen LogP contribution is 2.22. The third-order valence-electron chi connectivity index (χ3n) is 2.93. The zero-order valence-corrected chi connectivity index (χ0v) is 10.3. The van der Waals surface area contributed by atoms with Gasteiger partial charge >= 0.3 is 0 Å². The normalized spacial score (nSPS) is 33.4. The maximum atomic E-state index is 11.5. The molecule has 0 bridgehead atoms. The Kier molecular flexibility index (Phi) is 5.97. The fourth-order valence-corrected chi connectivity index (χ4v) is 1.81. The van der Waals surface area contributed by atoms with Gasteiger partial charge in [0.25, 0.3) is 0 Å². The molecule has 0 spiro atoms. The summed E-state index contributed by atoms with van der Waals surface area (Å²) >= 11 is 0. The fourth-order valence-electron chi connectivity index (χ4n) is 1.81. The number of aliphatic hydroxyl groups excluding tert-OH is 4. The average molecular weight is 263 g/mol. The molecule has 1 heterocycles. The molecule has 0 radical (unpaired) electrons. The highest BCUT2D eigenvalue weighted by atomic mass is 16.6. The molecule has 0 aromatic rings. The molecule has 1 aliphatic rings. The van der Waals surface area contributed by atoms with Crippen LogP contribution in [0, 0.1) is 0 Å². The Morgan fingerprint density at radius 1 is 1.39 bits per heavy atom. The molecule has 1 fully saturated rings. The molecule has 0 unspecified atom stereocenters. The van der Waals surface area contributed by atoms with Crippen LogP contribution in [0.3, 0.4) is 0 Å². The van der Waals surface area contributed by atoms with Crippen molar-refractivity contribution < 1.29 is 30.0 Å². The molecule has 18 heavy (non-hydrogen) atoms. The smallest absolute Gasteiger partial charge is 0.222 e. The SMILES string of the molecule is CCCCC(=O)N[C@H]1O[C@H]([C@H](O)CO)[C@H](O)[C@H]1O. The van der Waals surface area contributed by atoms with Crippen LogP contribution >= 0.6 is 0 Å². The molecular weight excluding hydrogens is 242 g/mol. The molecule has 1 saturated heterocycles. The van der Waals surface area contributed by atoms with Crippen molar-refractivity contribution in [1.82, 2.24) is 5.32 Å². The number of hydrogen-bond donors (Lipinski definition) is 5. The Morgan fingerprint density at radius 2 is 2.06 bits per heavy atom. The van der Waals surface area contributed by atoms with Crippen LogP contribution in [-0.2, 0) is 9.53 Å². The summed E-state index contributed by atoms with van der Waals surface area (Å²) in [4.78, 5) is 11.5. The monoisotopic (exact) mass is 263 g/mol. The van der Waals surface area contributed by atoms with Crippen LogP contribution < -0.4 is 5.32 Å². The van der Waals surface area contributed by atoms with Gasteiger partial charge in [0.05, 0.1) is 6.61 Å². The van der Waals surface area contributed by atoms with Gasteiger partial charge in [0.2, 0.25) is 5.91 Å². The van der Waals surface area contributed by atoms with E-state index < -0.39 is 37.3 Å². The van der Waals surface area contributed by atoms with Crippen molar-refractivity contribution in [1.29, 1.82) is 0 Å². The Hall–Kier alpha value is -0.730. The fraction of sp³-hybridized carbons (Fsp3) is 0.909. The highest BCUT2D eigenvalue weighted by molar-refractivity contribution is 5.76. The van der Waals surface area contributed by atoms with Gasteiger partial charge in [0.1, 0.15) is 24.4 Å². The maximum absolute atomic E-state index is 11.5. The second-order valence-electron chi connectivity index (χ2n) is 4.42. The number of rotatable bonds is 6. The molecule has 0 saturated carbocycles. The van der Waals surface area contributed by atoms with Crippen LogP contribution in [-0.4, -0.2) is 63.6 Å². The summed E-state index contributed by atoms with van der Waals surface area (Å²) in [6, 6.07) is 0. The van der Waals surface area contributed by atoms with E-state index in [-0.39, 0.29) is 5.91 Å². The summed E-state index contributed by atoms with van der Waals surface area (Å²) in [5.41, 5.74) is 0. The van der Waals surface area contributed by atoms with Gasteiger partial charge in [-0.3, -0.25) is 4.79 Å². The number of carbonyl (C=O) groups excluding carboxylic acids is 1. The van der Waals surface area contributed by atoms with Crippen molar-refractivity contribution in [2.75, 3.05) is 6.61 Å². The van der Waals surface area contributed by atoms with E-state index in [1.165, 1.54) is 0 Å². The highest BCUT2D eigenvalue weighted by Gasteiger charge is 2.46. The lowest BCUT2D eigenvalue weighted by Gasteiger charge is -2.18. The van der Waals surface area contributed by atoms with E-state index >= 15 is 0 Å². The second kappa shape index (κ2) is 7.01. The van der Waals surface area contributed by atoms with Gasteiger partial charge in [-0.2, -0.15) is 0 Å². The second-order valence-corrected chi connectivity index (χ2v) is 4.42. The summed E-state index contributed by atoms with van der Waals surface area (Å²) in [5, 5.41) is 39.9. The average Bonchev–Trinajstić information content (AvgIpc) is 2.64. The zero-order chi connectivity index (χ0) is 13.7. The summed E-state index contributed by atoms with van der Waals surface area (Å²) in [7, 11) is 0. The Bertz CT molecular complexity index is 274. The topological polar surface area (TPSA) is 119 Å². The number of amides is 1. The van der Waals surface area contributed by atoms with Gasteiger partial charge in [-0.05, 0) is 6.42 Å². The minimum Gasteiger partial charge on any atom is -0.394 e. The Morgan fingerprint density at radius 3 is 2.61 bits per heavy atom. The van der Waals surface area contributed by atoms with Crippen molar-refractivity contribution in [3.63, 3.8) is 0 Å². The minimum absolute atomic E-state index is 0.285. The largest absolute Gasteiger partial charge is 0.394 e. The lowest BCUT2D eigenvalue weighted by molar-refractivity contribution is -0.129. The van der Waals surface area contributed by atoms with Crippen LogP contribution in [0.5, 0.6) is 0 Å². The molecule has 7 nitrogen and oxygen atoms in total. The lowest BCUT2D eigenvalue weighted by Crippen LogP contribution is -2.44. The van der Waals surface area contributed by atoms with Crippen LogP contribution in [0.4, 0.5) is 0 Å². The molecular formula is C11H21NO6. The summed E-state index contributed by atoms with van der Waals surface area (Å²) in [6.45, 7) is 1.36. The molecule has 1 amide bonds. The van der Waals surface area contributed by atoms with Crippen molar-refractivity contribution in [2.24, 2.45) is 0 Å². The molecule has 0 aliphatic carbocycles. The van der Waals surface area contributed by atoms with E-state index in [2.05, 4.69) is 5.32 Å². The lowest BCUT2D eigenvalue weighted by atomic mass is 10.1. The molecule has 5 atom stereocenters. The van der Waals surface area contributed by atoms with Gasteiger partial charge in [0.15, 0.2) is 6.23 Å². The zero-order valence-electron chi connectivity index (χ0n) is 10.3. The molecule has 0 aromatic carbocycles. The first kappa shape index (κ1) is 15.3. The summed E-state index contributed by atoms with van der Waals surface area (Å²) in [6.07, 6.45) is -4.22. The van der Waals surface area contributed by atoms with Crippen LogP contribution in [0.15, 0.2) is 0 Å². The van der Waals surface area contributed by atoms with E-state index in [0.29, 0.717) is 6.42 Å². The van der Waals surface area contributed by atoms with Crippen molar-refractivity contribution >= 4 is 5.91 Å². The first-order valence-electron chi connectivity index (χ1n) is 6.11. The third kappa shape index (κ3) is 3.63. The van der Waals surface area contributed by atoms with E-state index in [1.54, 1.807) is 0 Å². The Labute approximate surface area is 105 Å². The van der Waals surface area contributed by atoms with Gasteiger partial charge in [-0.25, -0.2) is 0 Å². The number of nitrogens with one attached hydrogen (secondary N) is 1. The third-order valence-corrected chi connectivity index (χ3v) is 2.93. The van der Waals surface area contributed by atoms with E-state index in [1.807, 2.05) is 6.92 Å². The van der Waals surface area contributed by atoms with E-state index in [0.717, 1.165) is 12.8 Å². The Balaban J connectivity index is 2.50. The van der Waals surface area contributed by atoms with Crippen molar-refractivity contribution in [2.45, 2.75) is 56.8 Å². The summed E-state index contributed by atoms with van der Waals surface area (Å²) < 4.78 is 5.15. The number of unbranched alkanes of at least 4 members (excludes halogenated alkanes) is 1. The molecule has 7 heteroatoms. The standard InChI is InChI=1S/C11H21NO6/c1-2-3-4-7(15)12-11-9(17)8(16)10(18-11)6(14)5-13/h6,8-11,13-14,16-17H,2-5H2,1H3,(H,12,15)/t6-,8-,9-,10-,11+/m1/s1. The number of aliphatic hydroxyl groups is 4. The van der Waals surface area contributed by atoms with Crippen LogP contribution in [0.2, 0.25) is 0 Å². The van der Waals surface area contributed by atoms with E-state index in [9.17, 15) is 20.1 Å². The number of ether oxygens (including phenoxy) is 1. The number of carbonyl (C=O) groups is 1. The van der Waals surface area contributed by atoms with Crippen molar-refractivity contribution in [3.8, 4) is 0 Å².